The number of H-pyrrole nitrogens is 1. The molecule has 1 aromatic heterocycles. The van der Waals surface area contributed by atoms with Crippen LogP contribution in [0.2, 0.25) is 0 Å². The monoisotopic (exact) mass is 342 g/mol. The summed E-state index contributed by atoms with van der Waals surface area (Å²) < 4.78 is 13.7. The first-order chi connectivity index (χ1) is 12.0. The van der Waals surface area contributed by atoms with Crippen molar-refractivity contribution in [3.63, 3.8) is 0 Å². The molecule has 1 unspecified atom stereocenters. The van der Waals surface area contributed by atoms with Crippen molar-refractivity contribution in [1.29, 1.82) is 0 Å². The molecule has 3 rings (SSSR count). The molecule has 1 aliphatic rings. The quantitative estimate of drug-likeness (QED) is 0.817. The van der Waals surface area contributed by atoms with Gasteiger partial charge in [-0.05, 0) is 43.0 Å². The Morgan fingerprint density at radius 1 is 1.44 bits per heavy atom. The maximum Gasteiger partial charge on any atom is 0.269 e. The van der Waals surface area contributed by atoms with E-state index in [-0.39, 0.29) is 17.8 Å². The van der Waals surface area contributed by atoms with Crippen LogP contribution in [0.4, 0.5) is 4.39 Å². The second kappa shape index (κ2) is 7.33. The summed E-state index contributed by atoms with van der Waals surface area (Å²) in [5.41, 5.74) is 2.01. The summed E-state index contributed by atoms with van der Waals surface area (Å²) in [6.45, 7) is 5.70. The van der Waals surface area contributed by atoms with Crippen molar-refractivity contribution in [3.8, 4) is 0 Å². The van der Waals surface area contributed by atoms with Gasteiger partial charge in [-0.2, -0.15) is 10.3 Å². The van der Waals surface area contributed by atoms with Crippen LogP contribution in [0.5, 0.6) is 0 Å². The van der Waals surface area contributed by atoms with Gasteiger partial charge in [0.05, 0.1) is 6.04 Å². The van der Waals surface area contributed by atoms with E-state index >= 15 is 0 Å². The van der Waals surface area contributed by atoms with Crippen molar-refractivity contribution in [2.75, 3.05) is 0 Å². The molecular weight excluding hydrogens is 323 g/mol. The fourth-order valence-corrected chi connectivity index (χ4v) is 2.86. The van der Waals surface area contributed by atoms with E-state index in [1.807, 2.05) is 13.0 Å². The highest BCUT2D eigenvalue weighted by Crippen LogP contribution is 2.31. The normalized spacial score (nSPS) is 16.4. The number of tetrazole rings is 1. The molecule has 1 aromatic carbocycles. The van der Waals surface area contributed by atoms with Gasteiger partial charge < -0.3 is 0 Å². The molecular formula is C17H19FN6O. The van der Waals surface area contributed by atoms with Crippen LogP contribution in [0.1, 0.15) is 42.3 Å². The summed E-state index contributed by atoms with van der Waals surface area (Å²) in [4.78, 5) is 12.7. The Bertz CT molecular complexity index is 781. The lowest BCUT2D eigenvalue weighted by molar-refractivity contribution is -0.129. The van der Waals surface area contributed by atoms with E-state index in [9.17, 15) is 9.18 Å². The van der Waals surface area contributed by atoms with E-state index in [2.05, 4.69) is 32.3 Å². The van der Waals surface area contributed by atoms with E-state index in [4.69, 9.17) is 0 Å². The van der Waals surface area contributed by atoms with Gasteiger partial charge in [-0.3, -0.25) is 4.79 Å². The molecule has 2 aromatic rings. The second-order valence-electron chi connectivity index (χ2n) is 6.05. The topological polar surface area (TPSA) is 87.1 Å². The molecule has 1 N–H and O–H groups in total. The van der Waals surface area contributed by atoms with Crippen LogP contribution >= 0.6 is 0 Å². The molecule has 1 amide bonds. The smallest absolute Gasteiger partial charge is 0.268 e. The van der Waals surface area contributed by atoms with Crippen molar-refractivity contribution in [1.82, 2.24) is 25.6 Å². The molecule has 2 heterocycles. The zero-order valence-electron chi connectivity index (χ0n) is 13.9. The molecule has 0 fully saturated rings. The standard InChI is InChI=1S/C17H19FN6O/c1-11-8-13(10-14(18)9-11)15-6-7-19-24(15)17(25)12(2)4-3-5-16-20-22-23-21-16/h7-10,15H,2-6H2,1H3,(H,20,21,22,23). The molecule has 7 nitrogen and oxygen atoms in total. The fraction of sp³-hybridized carbons (Fsp3) is 0.353. The molecule has 1 atom stereocenters. The highest BCUT2D eigenvalue weighted by Gasteiger charge is 2.29. The first-order valence-corrected chi connectivity index (χ1v) is 8.08. The van der Waals surface area contributed by atoms with Crippen LogP contribution in [0.3, 0.4) is 0 Å². The van der Waals surface area contributed by atoms with E-state index in [0.29, 0.717) is 37.1 Å². The van der Waals surface area contributed by atoms with Crippen molar-refractivity contribution in [2.45, 2.75) is 38.6 Å². The summed E-state index contributed by atoms with van der Waals surface area (Å²) in [6, 6.07) is 4.49. The van der Waals surface area contributed by atoms with E-state index in [1.165, 1.54) is 17.1 Å². The van der Waals surface area contributed by atoms with Gasteiger partial charge in [0.2, 0.25) is 0 Å². The molecule has 1 aliphatic heterocycles. The van der Waals surface area contributed by atoms with Crippen molar-refractivity contribution >= 4 is 12.1 Å². The third kappa shape index (κ3) is 3.96. The molecule has 0 radical (unpaired) electrons. The van der Waals surface area contributed by atoms with E-state index in [0.717, 1.165) is 11.1 Å². The number of hydrogen-bond donors (Lipinski definition) is 1. The number of benzene rings is 1. The second-order valence-corrected chi connectivity index (χ2v) is 6.05. The minimum atomic E-state index is -0.312. The molecule has 25 heavy (non-hydrogen) atoms. The number of nitrogens with zero attached hydrogens (tertiary/aromatic N) is 5. The SMILES string of the molecule is C=C(CCCc1nn[nH]n1)C(=O)N1N=CCC1c1cc(C)cc(F)c1. The number of aromatic nitrogens is 4. The maximum atomic E-state index is 13.7. The number of carbonyl (C=O) groups excluding carboxylic acids is 1. The number of halogens is 1. The number of rotatable bonds is 6. The predicted octanol–water partition coefficient (Wildman–Crippen LogP) is 2.49. The van der Waals surface area contributed by atoms with Crippen LogP contribution in [-0.2, 0) is 11.2 Å². The van der Waals surface area contributed by atoms with Gasteiger partial charge in [0.1, 0.15) is 5.82 Å². The molecule has 0 saturated heterocycles. The van der Waals surface area contributed by atoms with Gasteiger partial charge in [-0.1, -0.05) is 17.9 Å². The van der Waals surface area contributed by atoms with Gasteiger partial charge in [0.25, 0.3) is 5.91 Å². The predicted molar refractivity (Wildman–Crippen MR) is 90.1 cm³/mol. The van der Waals surface area contributed by atoms with Gasteiger partial charge in [0.15, 0.2) is 5.82 Å². The number of nitrogens with one attached hydrogen (secondary N) is 1. The summed E-state index contributed by atoms with van der Waals surface area (Å²) in [5.74, 6) is 0.0505. The fourth-order valence-electron chi connectivity index (χ4n) is 2.86. The lowest BCUT2D eigenvalue weighted by Gasteiger charge is -2.23. The Kier molecular flexibility index (Phi) is 4.97. The van der Waals surface area contributed by atoms with Crippen molar-refractivity contribution < 1.29 is 9.18 Å². The molecule has 0 bridgehead atoms. The summed E-state index contributed by atoms with van der Waals surface area (Å²) >= 11 is 0. The van der Waals surface area contributed by atoms with Gasteiger partial charge in [-0.15, -0.1) is 10.2 Å². The lowest BCUT2D eigenvalue weighted by atomic mass is 10.0. The Morgan fingerprint density at radius 3 is 3.00 bits per heavy atom. The minimum absolute atomic E-state index is 0.242. The molecule has 130 valence electrons. The van der Waals surface area contributed by atoms with Crippen LogP contribution in [0.15, 0.2) is 35.5 Å². The van der Waals surface area contributed by atoms with Crippen LogP contribution < -0.4 is 0 Å². The molecule has 0 aliphatic carbocycles. The summed E-state index contributed by atoms with van der Waals surface area (Å²) in [5, 5.41) is 19.2. The van der Waals surface area contributed by atoms with Crippen LogP contribution in [-0.4, -0.2) is 37.8 Å². The Hall–Kier alpha value is -2.90. The Morgan fingerprint density at radius 2 is 2.28 bits per heavy atom. The Labute approximate surface area is 144 Å². The molecule has 0 saturated carbocycles. The summed E-state index contributed by atoms with van der Waals surface area (Å²) in [6.07, 6.45) is 4.04. The van der Waals surface area contributed by atoms with Gasteiger partial charge in [-0.25, -0.2) is 9.40 Å². The first kappa shape index (κ1) is 16.9. The molecule has 8 heteroatoms. The van der Waals surface area contributed by atoms with Crippen LogP contribution in [0.25, 0.3) is 0 Å². The summed E-state index contributed by atoms with van der Waals surface area (Å²) in [7, 11) is 0. The third-order valence-corrected chi connectivity index (χ3v) is 4.06. The van der Waals surface area contributed by atoms with Crippen molar-refractivity contribution in [3.05, 3.63) is 53.1 Å². The average molecular weight is 342 g/mol. The van der Waals surface area contributed by atoms with Crippen molar-refractivity contribution in [2.24, 2.45) is 5.10 Å². The highest BCUT2D eigenvalue weighted by atomic mass is 19.1. The largest absolute Gasteiger partial charge is 0.269 e. The molecule has 0 spiro atoms. The average Bonchev–Trinajstić information content (AvgIpc) is 3.24. The maximum absolute atomic E-state index is 13.7. The number of aromatic amines is 1. The lowest BCUT2D eigenvalue weighted by Crippen LogP contribution is -2.28. The number of hydrogen-bond acceptors (Lipinski definition) is 5. The number of amides is 1. The number of carbonyl (C=O) groups is 1. The highest BCUT2D eigenvalue weighted by molar-refractivity contribution is 5.94. The Balaban J connectivity index is 1.63. The van der Waals surface area contributed by atoms with Gasteiger partial charge >= 0.3 is 0 Å². The number of aryl methyl sites for hydroxylation is 2. The first-order valence-electron chi connectivity index (χ1n) is 8.08. The van der Waals surface area contributed by atoms with E-state index in [1.54, 1.807) is 6.21 Å². The van der Waals surface area contributed by atoms with Crippen LogP contribution in [0, 0.1) is 12.7 Å². The minimum Gasteiger partial charge on any atom is -0.268 e. The zero-order chi connectivity index (χ0) is 17.8. The van der Waals surface area contributed by atoms with E-state index < -0.39 is 0 Å². The van der Waals surface area contributed by atoms with Gasteiger partial charge in [0, 0.05) is 24.6 Å². The third-order valence-electron chi connectivity index (χ3n) is 4.06. The zero-order valence-corrected chi connectivity index (χ0v) is 13.9. The number of hydrazone groups is 1.